The number of halogens is 1. The Kier molecular flexibility index (Phi) is 7.75. The van der Waals surface area contributed by atoms with Crippen LogP contribution in [-0.4, -0.2) is 29.0 Å². The summed E-state index contributed by atoms with van der Waals surface area (Å²) in [6.45, 7) is 1.91. The lowest BCUT2D eigenvalue weighted by Crippen LogP contribution is -2.41. The molecule has 11 nitrogen and oxygen atoms in total. The van der Waals surface area contributed by atoms with Crippen LogP contribution in [-0.2, 0) is 0 Å². The van der Waals surface area contributed by atoms with E-state index in [0.29, 0.717) is 16.9 Å². The Hall–Kier alpha value is -5.39. The summed E-state index contributed by atoms with van der Waals surface area (Å²) >= 11 is 0. The number of nitro benzene ring substituents is 1. The summed E-state index contributed by atoms with van der Waals surface area (Å²) in [7, 11) is 1.48. The lowest BCUT2D eigenvalue weighted by atomic mass is 10.0. The van der Waals surface area contributed by atoms with Crippen molar-refractivity contribution in [2.75, 3.05) is 12.4 Å². The number of methoxy groups -OCH3 is 1. The first kappa shape index (κ1) is 26.7. The van der Waals surface area contributed by atoms with Gasteiger partial charge in [0.15, 0.2) is 5.75 Å². The van der Waals surface area contributed by atoms with Crippen molar-refractivity contribution in [2.45, 2.75) is 13.0 Å². The molecule has 0 aliphatic rings. The van der Waals surface area contributed by atoms with Gasteiger partial charge in [-0.25, -0.2) is 4.39 Å². The van der Waals surface area contributed by atoms with Crippen LogP contribution in [0.1, 0.15) is 39.4 Å². The fourth-order valence-corrected chi connectivity index (χ4v) is 3.88. The summed E-state index contributed by atoms with van der Waals surface area (Å²) in [4.78, 5) is 35.2. The van der Waals surface area contributed by atoms with Crippen molar-refractivity contribution in [2.24, 2.45) is 0 Å². The normalized spacial score (nSPS) is 11.4. The fourth-order valence-electron chi connectivity index (χ4n) is 3.88. The number of hydrogen-bond acceptors (Lipinski definition) is 8. The van der Waals surface area contributed by atoms with Gasteiger partial charge in [-0.05, 0) is 48.9 Å². The summed E-state index contributed by atoms with van der Waals surface area (Å²) in [6, 6.07) is 15.9. The highest BCUT2D eigenvalue weighted by Gasteiger charge is 2.20. The zero-order valence-electron chi connectivity index (χ0n) is 20.7. The quantitative estimate of drug-likeness (QED) is 0.183. The Bertz CT molecular complexity index is 1540. The predicted octanol–water partition coefficient (Wildman–Crippen LogP) is 4.96. The molecule has 0 aliphatic heterocycles. The number of phenolic OH excluding ortho intramolecular Hbond substituents is 1. The van der Waals surface area contributed by atoms with Gasteiger partial charge in [0.2, 0.25) is 5.76 Å². The molecule has 0 bridgehead atoms. The van der Waals surface area contributed by atoms with Gasteiger partial charge in [0, 0.05) is 34.5 Å². The van der Waals surface area contributed by atoms with Gasteiger partial charge in [0.25, 0.3) is 5.91 Å². The van der Waals surface area contributed by atoms with Crippen LogP contribution in [0.5, 0.6) is 11.5 Å². The summed E-state index contributed by atoms with van der Waals surface area (Å²) < 4.78 is 24.1. The minimum Gasteiger partial charge on any atom is -0.502 e. The smallest absolute Gasteiger partial charge is 0.311 e. The van der Waals surface area contributed by atoms with Crippen molar-refractivity contribution >= 4 is 23.2 Å². The van der Waals surface area contributed by atoms with E-state index < -0.39 is 34.0 Å². The van der Waals surface area contributed by atoms with E-state index in [1.54, 1.807) is 36.4 Å². The molecule has 12 heteroatoms. The minimum atomic E-state index is -0.832. The predicted molar refractivity (Wildman–Crippen MR) is 139 cm³/mol. The van der Waals surface area contributed by atoms with E-state index in [4.69, 9.17) is 9.15 Å². The van der Waals surface area contributed by atoms with E-state index in [0.717, 1.165) is 23.4 Å². The minimum absolute atomic E-state index is 0.0721. The van der Waals surface area contributed by atoms with Gasteiger partial charge in [-0.2, -0.15) is 0 Å². The van der Waals surface area contributed by atoms with Crippen LogP contribution in [0, 0.1) is 15.9 Å². The number of nitrogens with one attached hydrogen (secondary N) is 3. The van der Waals surface area contributed by atoms with Gasteiger partial charge < -0.3 is 19.6 Å². The van der Waals surface area contributed by atoms with Gasteiger partial charge in [0.1, 0.15) is 11.6 Å². The third kappa shape index (κ3) is 5.96. The number of nitro groups is 1. The molecule has 4 aromatic rings. The molecule has 0 saturated carbocycles. The van der Waals surface area contributed by atoms with Crippen LogP contribution in [0.15, 0.2) is 77.4 Å². The molecule has 0 radical (unpaired) electrons. The molecule has 200 valence electrons. The molecule has 0 spiro atoms. The van der Waals surface area contributed by atoms with E-state index in [9.17, 15) is 29.2 Å². The molecule has 4 N–H and O–H groups in total. The van der Waals surface area contributed by atoms with Crippen molar-refractivity contribution in [1.29, 1.82) is 0 Å². The number of rotatable bonds is 8. The average Bonchev–Trinajstić information content (AvgIpc) is 3.42. The third-order valence-corrected chi connectivity index (χ3v) is 5.84. The zero-order valence-corrected chi connectivity index (χ0v) is 20.7. The van der Waals surface area contributed by atoms with Gasteiger partial charge in [0.05, 0.1) is 24.3 Å². The number of furan rings is 1. The number of carbonyl (C=O) groups excluding carboxylic acids is 2. The van der Waals surface area contributed by atoms with Crippen molar-refractivity contribution in [3.05, 3.63) is 106 Å². The number of amides is 2. The molecule has 1 heterocycles. The number of benzene rings is 3. The van der Waals surface area contributed by atoms with Crippen LogP contribution in [0.25, 0.3) is 11.1 Å². The Balaban J connectivity index is 1.42. The Morgan fingerprint density at radius 1 is 1.03 bits per heavy atom. The highest BCUT2D eigenvalue weighted by atomic mass is 19.1. The Morgan fingerprint density at radius 2 is 1.74 bits per heavy atom. The van der Waals surface area contributed by atoms with Crippen molar-refractivity contribution in [3.63, 3.8) is 0 Å². The van der Waals surface area contributed by atoms with Crippen molar-refractivity contribution in [1.82, 2.24) is 10.9 Å². The second-order valence-electron chi connectivity index (χ2n) is 8.36. The Labute approximate surface area is 221 Å². The number of hydrazine groups is 1. The van der Waals surface area contributed by atoms with Gasteiger partial charge >= 0.3 is 11.6 Å². The fraction of sp³-hybridized carbons (Fsp3) is 0.111. The molecule has 1 atom stereocenters. The molecular weight excluding hydrogens is 511 g/mol. The first-order valence-electron chi connectivity index (χ1n) is 11.5. The monoisotopic (exact) mass is 534 g/mol. The van der Waals surface area contributed by atoms with Gasteiger partial charge in [-0.15, -0.1) is 0 Å². The van der Waals surface area contributed by atoms with Crippen molar-refractivity contribution < 1.29 is 33.2 Å². The molecule has 0 aliphatic carbocycles. The molecule has 3 aromatic carbocycles. The van der Waals surface area contributed by atoms with Crippen LogP contribution < -0.4 is 20.9 Å². The van der Waals surface area contributed by atoms with Gasteiger partial charge in [-0.3, -0.25) is 30.6 Å². The molecule has 0 saturated heterocycles. The molecule has 0 fully saturated rings. The van der Waals surface area contributed by atoms with E-state index >= 15 is 0 Å². The second kappa shape index (κ2) is 11.3. The summed E-state index contributed by atoms with van der Waals surface area (Å²) in [5, 5.41) is 23.8. The largest absolute Gasteiger partial charge is 0.502 e. The number of nitrogens with zero attached hydrogens (tertiary/aromatic N) is 1. The van der Waals surface area contributed by atoms with E-state index in [-0.39, 0.29) is 17.4 Å². The molecule has 39 heavy (non-hydrogen) atoms. The number of carbonyl (C=O) groups is 2. The molecular formula is C27H23FN4O7. The number of aromatic hydroxyl groups is 1. The number of hydrogen-bond donors (Lipinski definition) is 4. The third-order valence-electron chi connectivity index (χ3n) is 5.84. The lowest BCUT2D eigenvalue weighted by Gasteiger charge is -2.18. The van der Waals surface area contributed by atoms with Gasteiger partial charge in [-0.1, -0.05) is 18.2 Å². The SMILES string of the molecule is COc1cc(F)ccc1C(C)Nc1ccc(-c2ccoc2C(=O)NNC(=O)c2ccc(O)c([N+](=O)[O-])c2)cc1. The second-order valence-corrected chi connectivity index (χ2v) is 8.36. The van der Waals surface area contributed by atoms with Crippen LogP contribution in [0.4, 0.5) is 15.8 Å². The van der Waals surface area contributed by atoms with E-state index in [2.05, 4.69) is 16.2 Å². The standard InChI is InChI=1S/C27H23FN4O7/c1-15(20-9-6-18(28)14-24(20)38-2)29-19-7-3-16(4-8-19)21-11-12-39-25(21)27(35)31-30-26(34)17-5-10-23(33)22(13-17)32(36)37/h3-15,29,33H,1-2H3,(H,30,34)(H,31,35). The maximum absolute atomic E-state index is 13.5. The highest BCUT2D eigenvalue weighted by Crippen LogP contribution is 2.31. The summed E-state index contributed by atoms with van der Waals surface area (Å²) in [6.07, 6.45) is 1.32. The maximum atomic E-state index is 13.5. The molecule has 1 unspecified atom stereocenters. The van der Waals surface area contributed by atoms with Crippen LogP contribution in [0.3, 0.4) is 0 Å². The summed E-state index contributed by atoms with van der Waals surface area (Å²) in [5.41, 5.74) is 6.25. The molecule has 4 rings (SSSR count). The topological polar surface area (TPSA) is 156 Å². The summed E-state index contributed by atoms with van der Waals surface area (Å²) in [5.74, 6) is -2.21. The number of anilines is 1. The average molecular weight is 535 g/mol. The van der Waals surface area contributed by atoms with Crippen LogP contribution in [0.2, 0.25) is 0 Å². The van der Waals surface area contributed by atoms with Crippen LogP contribution >= 0.6 is 0 Å². The first-order valence-corrected chi connectivity index (χ1v) is 11.5. The lowest BCUT2D eigenvalue weighted by molar-refractivity contribution is -0.385. The highest BCUT2D eigenvalue weighted by molar-refractivity contribution is 6.01. The maximum Gasteiger partial charge on any atom is 0.311 e. The Morgan fingerprint density at radius 3 is 2.44 bits per heavy atom. The van der Waals surface area contributed by atoms with E-state index in [1.165, 1.54) is 31.6 Å². The number of ether oxygens (including phenoxy) is 1. The first-order chi connectivity index (χ1) is 18.7. The van der Waals surface area contributed by atoms with Crippen molar-refractivity contribution in [3.8, 4) is 22.6 Å². The zero-order chi connectivity index (χ0) is 28.1. The molecule has 1 aromatic heterocycles. The molecule has 2 amide bonds. The number of phenols is 1. The van der Waals surface area contributed by atoms with E-state index in [1.807, 2.05) is 6.92 Å².